The predicted octanol–water partition coefficient (Wildman–Crippen LogP) is 2.09. The molecule has 0 amide bonds. The predicted molar refractivity (Wildman–Crippen MR) is 96.2 cm³/mol. The number of hydrogen-bond acceptors (Lipinski definition) is 2. The van der Waals surface area contributed by atoms with Crippen molar-refractivity contribution in [3.63, 3.8) is 0 Å². The topological polar surface area (TPSA) is 37.7 Å². The lowest BCUT2D eigenvalue weighted by atomic mass is 10.1. The Bertz CT molecular complexity index is 504. The quantitative estimate of drug-likeness (QED) is 0.716. The number of ether oxygens (including phenoxy) is 1. The Kier molecular flexibility index (Phi) is 6.73. The number of methoxy groups -OCH3 is 1. The Labute approximate surface area is 143 Å². The van der Waals surface area contributed by atoms with Crippen molar-refractivity contribution in [2.24, 2.45) is 0 Å². The lowest BCUT2D eigenvalue weighted by Crippen LogP contribution is -3.13. The van der Waals surface area contributed by atoms with E-state index in [-0.39, 0.29) is 0 Å². The lowest BCUT2D eigenvalue weighted by Gasteiger charge is -2.30. The molecule has 4 nitrogen and oxygen atoms in total. The average Bonchev–Trinajstić information content (AvgIpc) is 2.50. The van der Waals surface area contributed by atoms with Crippen LogP contribution in [0.2, 0.25) is 5.02 Å². The molecule has 0 radical (unpaired) electrons. The fourth-order valence-electron chi connectivity index (χ4n) is 2.90. The van der Waals surface area contributed by atoms with E-state index >= 15 is 0 Å². The molecule has 1 aliphatic rings. The number of benzene rings is 1. The van der Waals surface area contributed by atoms with Crippen LogP contribution in [0.5, 0.6) is 5.75 Å². The second kappa shape index (κ2) is 8.56. The highest BCUT2D eigenvalue weighted by Gasteiger charge is 2.22. The van der Waals surface area contributed by atoms with Crippen LogP contribution in [-0.4, -0.2) is 37.9 Å². The van der Waals surface area contributed by atoms with E-state index in [0.717, 1.165) is 24.3 Å². The van der Waals surface area contributed by atoms with Gasteiger partial charge in [-0.15, -0.1) is 0 Å². The third-order valence-corrected chi connectivity index (χ3v) is 4.50. The molecule has 1 aliphatic heterocycles. The number of piperidine rings is 1. The number of quaternary nitrogens is 1. The van der Waals surface area contributed by atoms with Crippen LogP contribution in [0.15, 0.2) is 18.2 Å². The van der Waals surface area contributed by atoms with Gasteiger partial charge in [0, 0.05) is 23.9 Å². The Morgan fingerprint density at radius 2 is 2.14 bits per heavy atom. The van der Waals surface area contributed by atoms with Gasteiger partial charge in [-0.1, -0.05) is 18.5 Å². The zero-order valence-corrected chi connectivity index (χ0v) is 14.8. The van der Waals surface area contributed by atoms with Gasteiger partial charge in [0.2, 0.25) is 0 Å². The van der Waals surface area contributed by atoms with E-state index in [9.17, 15) is 0 Å². The zero-order valence-electron chi connectivity index (χ0n) is 13.2. The molecule has 1 saturated heterocycles. The van der Waals surface area contributed by atoms with Crippen LogP contribution in [0, 0.1) is 0 Å². The standard InChI is InChI=1S/C16H24ClN3OS/c1-3-8-20-9-6-13(7-10-20)18-16(22)19-14-11-12(17)4-5-15(14)21-2/h4-5,11,13H,3,6-10H2,1-2H3,(H2,18,19,22)/p+1. The van der Waals surface area contributed by atoms with Gasteiger partial charge in [-0.3, -0.25) is 0 Å². The van der Waals surface area contributed by atoms with Crippen molar-refractivity contribution in [1.82, 2.24) is 5.32 Å². The first kappa shape index (κ1) is 17.3. The molecular formula is C16H25ClN3OS+. The molecule has 1 aromatic rings. The number of nitrogens with one attached hydrogen (secondary N) is 3. The molecule has 0 unspecified atom stereocenters. The molecule has 0 aliphatic carbocycles. The Balaban J connectivity index is 1.85. The van der Waals surface area contributed by atoms with Gasteiger partial charge in [0.25, 0.3) is 0 Å². The van der Waals surface area contributed by atoms with Crippen LogP contribution < -0.4 is 20.3 Å². The minimum absolute atomic E-state index is 0.450. The van der Waals surface area contributed by atoms with E-state index in [4.69, 9.17) is 28.6 Å². The highest BCUT2D eigenvalue weighted by Crippen LogP contribution is 2.27. The number of likely N-dealkylation sites (tertiary alicyclic amines) is 1. The Morgan fingerprint density at radius 1 is 1.41 bits per heavy atom. The Morgan fingerprint density at radius 3 is 2.77 bits per heavy atom. The van der Waals surface area contributed by atoms with Gasteiger partial charge in [0.15, 0.2) is 5.11 Å². The molecular weight excluding hydrogens is 318 g/mol. The molecule has 1 heterocycles. The number of thiocarbonyl (C=S) groups is 1. The van der Waals surface area contributed by atoms with E-state index in [1.807, 2.05) is 12.1 Å². The van der Waals surface area contributed by atoms with Crippen molar-refractivity contribution in [2.45, 2.75) is 32.2 Å². The van der Waals surface area contributed by atoms with Crippen LogP contribution in [-0.2, 0) is 0 Å². The number of hydrogen-bond donors (Lipinski definition) is 3. The van der Waals surface area contributed by atoms with Crippen LogP contribution >= 0.6 is 23.8 Å². The second-order valence-electron chi connectivity index (χ2n) is 5.72. The van der Waals surface area contributed by atoms with E-state index in [1.165, 1.54) is 26.1 Å². The van der Waals surface area contributed by atoms with Gasteiger partial charge < -0.3 is 20.3 Å². The molecule has 1 fully saturated rings. The van der Waals surface area contributed by atoms with E-state index in [1.54, 1.807) is 18.1 Å². The highest BCUT2D eigenvalue weighted by atomic mass is 35.5. The summed E-state index contributed by atoms with van der Waals surface area (Å²) < 4.78 is 5.32. The zero-order chi connectivity index (χ0) is 15.9. The molecule has 3 N–H and O–H groups in total. The molecule has 0 aromatic heterocycles. The molecule has 1 aromatic carbocycles. The molecule has 0 saturated carbocycles. The molecule has 2 rings (SSSR count). The molecule has 0 atom stereocenters. The van der Waals surface area contributed by atoms with Gasteiger partial charge in [-0.05, 0) is 36.8 Å². The molecule has 0 spiro atoms. The summed E-state index contributed by atoms with van der Waals surface area (Å²) in [6.07, 6.45) is 3.57. The van der Waals surface area contributed by atoms with Crippen LogP contribution in [0.3, 0.4) is 0 Å². The summed E-state index contributed by atoms with van der Waals surface area (Å²) in [5.41, 5.74) is 0.793. The minimum atomic E-state index is 0.450. The molecule has 6 heteroatoms. The number of anilines is 1. The summed E-state index contributed by atoms with van der Waals surface area (Å²) in [4.78, 5) is 1.70. The monoisotopic (exact) mass is 342 g/mol. The fraction of sp³-hybridized carbons (Fsp3) is 0.562. The maximum Gasteiger partial charge on any atom is 0.171 e. The van der Waals surface area contributed by atoms with Gasteiger partial charge in [-0.2, -0.15) is 0 Å². The second-order valence-corrected chi connectivity index (χ2v) is 6.56. The van der Waals surface area contributed by atoms with Gasteiger partial charge in [0.05, 0.1) is 32.4 Å². The van der Waals surface area contributed by atoms with Crippen molar-refractivity contribution >= 4 is 34.6 Å². The van der Waals surface area contributed by atoms with Crippen molar-refractivity contribution in [3.8, 4) is 5.75 Å². The molecule has 22 heavy (non-hydrogen) atoms. The first-order chi connectivity index (χ1) is 10.6. The van der Waals surface area contributed by atoms with Gasteiger partial charge >= 0.3 is 0 Å². The van der Waals surface area contributed by atoms with Crippen molar-refractivity contribution in [2.75, 3.05) is 32.1 Å². The van der Waals surface area contributed by atoms with Gasteiger partial charge in [-0.25, -0.2) is 0 Å². The maximum absolute atomic E-state index is 6.03. The molecule has 0 bridgehead atoms. The van der Waals surface area contributed by atoms with Gasteiger partial charge in [0.1, 0.15) is 5.75 Å². The van der Waals surface area contributed by atoms with Crippen molar-refractivity contribution in [3.05, 3.63) is 23.2 Å². The summed E-state index contributed by atoms with van der Waals surface area (Å²) in [7, 11) is 1.64. The lowest BCUT2D eigenvalue weighted by molar-refractivity contribution is -0.905. The molecule has 122 valence electrons. The summed E-state index contributed by atoms with van der Waals surface area (Å²) in [5.74, 6) is 0.732. The third kappa shape index (κ3) is 5.00. The fourth-order valence-corrected chi connectivity index (χ4v) is 3.34. The van der Waals surface area contributed by atoms with Crippen LogP contribution in [0.25, 0.3) is 0 Å². The minimum Gasteiger partial charge on any atom is -0.495 e. The normalized spacial score (nSPS) is 21.2. The van der Waals surface area contributed by atoms with Crippen molar-refractivity contribution < 1.29 is 9.64 Å². The summed E-state index contributed by atoms with van der Waals surface area (Å²) in [5, 5.41) is 7.88. The van der Waals surface area contributed by atoms with Crippen LogP contribution in [0.1, 0.15) is 26.2 Å². The van der Waals surface area contributed by atoms with E-state index in [2.05, 4.69) is 17.6 Å². The Hall–Kier alpha value is -1.04. The van der Waals surface area contributed by atoms with Crippen LogP contribution in [0.4, 0.5) is 5.69 Å². The first-order valence-electron chi connectivity index (χ1n) is 7.87. The summed E-state index contributed by atoms with van der Waals surface area (Å²) in [6, 6.07) is 5.90. The first-order valence-corrected chi connectivity index (χ1v) is 8.65. The third-order valence-electron chi connectivity index (χ3n) is 4.04. The largest absolute Gasteiger partial charge is 0.495 e. The summed E-state index contributed by atoms with van der Waals surface area (Å²) >= 11 is 11.5. The van der Waals surface area contributed by atoms with E-state index < -0.39 is 0 Å². The maximum atomic E-state index is 6.03. The van der Waals surface area contributed by atoms with E-state index in [0.29, 0.717) is 16.2 Å². The highest BCUT2D eigenvalue weighted by molar-refractivity contribution is 7.80. The van der Waals surface area contributed by atoms with Crippen molar-refractivity contribution in [1.29, 1.82) is 0 Å². The smallest absolute Gasteiger partial charge is 0.171 e. The average molecular weight is 343 g/mol. The summed E-state index contributed by atoms with van der Waals surface area (Å²) in [6.45, 7) is 5.95. The number of halogens is 1. The number of rotatable bonds is 5. The SMILES string of the molecule is CCC[NH+]1CCC(NC(=S)Nc2cc(Cl)ccc2OC)CC1.